The largest absolute Gasteiger partial charge is 0.361 e. The van der Waals surface area contributed by atoms with Crippen LogP contribution in [0.15, 0.2) is 10.7 Å². The molecule has 3 nitrogen and oxygen atoms in total. The van der Waals surface area contributed by atoms with E-state index in [0.29, 0.717) is 34.4 Å². The molecule has 0 aliphatic heterocycles. The van der Waals surface area contributed by atoms with E-state index in [9.17, 15) is 4.79 Å². The normalized spacial score (nSPS) is 49.8. The summed E-state index contributed by atoms with van der Waals surface area (Å²) in [6, 6.07) is 0. The van der Waals surface area contributed by atoms with Gasteiger partial charge >= 0.3 is 0 Å². The van der Waals surface area contributed by atoms with Gasteiger partial charge in [0.2, 0.25) is 0 Å². The van der Waals surface area contributed by atoms with Crippen molar-refractivity contribution in [2.45, 2.75) is 125 Å². The van der Waals surface area contributed by atoms with Crippen LogP contribution < -0.4 is 0 Å². The van der Waals surface area contributed by atoms with Gasteiger partial charge in [0.25, 0.3) is 0 Å². The van der Waals surface area contributed by atoms with Crippen molar-refractivity contribution in [2.75, 3.05) is 0 Å². The van der Waals surface area contributed by atoms with E-state index < -0.39 is 0 Å². The Morgan fingerprint density at radius 1 is 0.943 bits per heavy atom. The predicted molar refractivity (Wildman–Crippen MR) is 140 cm³/mol. The summed E-state index contributed by atoms with van der Waals surface area (Å²) < 4.78 is 5.84. The van der Waals surface area contributed by atoms with Gasteiger partial charge in [-0.3, -0.25) is 4.79 Å². The van der Waals surface area contributed by atoms with Crippen molar-refractivity contribution >= 4 is 5.78 Å². The first-order valence-corrected chi connectivity index (χ1v) is 14.7. The van der Waals surface area contributed by atoms with E-state index in [4.69, 9.17) is 4.52 Å². The van der Waals surface area contributed by atoms with Gasteiger partial charge < -0.3 is 4.52 Å². The Balaban J connectivity index is 1.45. The Labute approximate surface area is 213 Å². The number of rotatable bonds is 1. The number of hydrogen-bond acceptors (Lipinski definition) is 3. The van der Waals surface area contributed by atoms with Gasteiger partial charge in [-0.05, 0) is 96.2 Å². The summed E-state index contributed by atoms with van der Waals surface area (Å²) in [5, 5.41) is 4.24. The zero-order valence-corrected chi connectivity index (χ0v) is 23.7. The molecule has 8 atom stereocenters. The Morgan fingerprint density at radius 2 is 1.66 bits per heavy atom. The number of carbonyl (C=O) groups excluding carboxylic acids is 1. The maximum Gasteiger partial charge on any atom is 0.145 e. The Bertz CT molecular complexity index is 1050. The lowest BCUT2D eigenvalue weighted by atomic mass is 9.31. The molecule has 2 unspecified atom stereocenters. The fraction of sp³-hybridized carbons (Fsp3) is 0.875. The summed E-state index contributed by atoms with van der Waals surface area (Å²) >= 11 is 0. The van der Waals surface area contributed by atoms with Crippen molar-refractivity contribution < 1.29 is 9.32 Å². The highest BCUT2D eigenvalue weighted by molar-refractivity contribution is 5.84. The Kier molecular flexibility index (Phi) is 4.88. The predicted octanol–water partition coefficient (Wildman–Crippen LogP) is 8.16. The molecule has 1 aromatic rings. The Hall–Kier alpha value is -1.12. The van der Waals surface area contributed by atoms with E-state index in [1.165, 1.54) is 56.9 Å². The summed E-state index contributed by atoms with van der Waals surface area (Å²) in [6.07, 6.45) is 14.0. The molecule has 0 bridgehead atoms. The van der Waals surface area contributed by atoms with E-state index in [1.54, 1.807) is 0 Å². The smallest absolute Gasteiger partial charge is 0.145 e. The lowest BCUT2D eigenvalue weighted by Gasteiger charge is -2.72. The minimum absolute atomic E-state index is 0.0295. The molecule has 4 fully saturated rings. The highest BCUT2D eigenvalue weighted by Gasteiger charge is 2.72. The van der Waals surface area contributed by atoms with Gasteiger partial charge in [-0.15, -0.1) is 0 Å². The highest BCUT2D eigenvalue weighted by atomic mass is 16.5. The molecule has 1 aromatic heterocycles. The van der Waals surface area contributed by atoms with Crippen LogP contribution in [0.3, 0.4) is 0 Å². The summed E-state index contributed by atoms with van der Waals surface area (Å²) in [5.41, 5.74) is 2.45. The van der Waals surface area contributed by atoms with E-state index >= 15 is 0 Å². The van der Waals surface area contributed by atoms with E-state index in [-0.39, 0.29) is 27.6 Å². The standard InChI is InChI=1S/C32H49NO2/c1-9-32-14-12-27(2,3)18-21(32)25-22(34)16-24-29(6)17-20-19-33-35-26(20)28(4,5)23(29)10-11-30(24,7)31(25,8)13-15-32/h19,21,23-25H,9-18H2,1-8H3/t21?,23-,24+,25?,29-,30+,31+,32+/m0/s1. The number of Topliss-reactive ketones (excluding diaryl/α,β-unsaturated/α-hetero) is 1. The third-order valence-electron chi connectivity index (χ3n) is 13.8. The first-order chi connectivity index (χ1) is 16.2. The summed E-state index contributed by atoms with van der Waals surface area (Å²) in [6.45, 7) is 19.8. The van der Waals surface area contributed by atoms with Crippen LogP contribution >= 0.6 is 0 Å². The second kappa shape index (κ2) is 7.04. The van der Waals surface area contributed by atoms with Crippen molar-refractivity contribution in [1.29, 1.82) is 0 Å². The number of fused-ring (bicyclic) bond motifs is 8. The van der Waals surface area contributed by atoms with Crippen LogP contribution in [0.4, 0.5) is 0 Å². The molecule has 5 aliphatic carbocycles. The molecule has 0 N–H and O–H groups in total. The van der Waals surface area contributed by atoms with Gasteiger partial charge in [-0.25, -0.2) is 0 Å². The minimum Gasteiger partial charge on any atom is -0.361 e. The molecular weight excluding hydrogens is 430 g/mol. The molecule has 0 radical (unpaired) electrons. The van der Waals surface area contributed by atoms with Gasteiger partial charge in [-0.2, -0.15) is 0 Å². The monoisotopic (exact) mass is 479 g/mol. The van der Waals surface area contributed by atoms with Gasteiger partial charge in [0, 0.05) is 23.3 Å². The van der Waals surface area contributed by atoms with Crippen molar-refractivity contribution in [1.82, 2.24) is 5.16 Å². The average molecular weight is 480 g/mol. The molecule has 0 amide bonds. The van der Waals surface area contributed by atoms with Crippen LogP contribution in [0.2, 0.25) is 0 Å². The van der Waals surface area contributed by atoms with Gasteiger partial charge in [0.1, 0.15) is 11.5 Å². The maximum atomic E-state index is 14.5. The zero-order valence-electron chi connectivity index (χ0n) is 23.7. The quantitative estimate of drug-likeness (QED) is 0.408. The average Bonchev–Trinajstić information content (AvgIpc) is 3.24. The van der Waals surface area contributed by atoms with Crippen LogP contribution in [0.5, 0.6) is 0 Å². The molecule has 6 rings (SSSR count). The van der Waals surface area contributed by atoms with E-state index in [0.717, 1.165) is 18.6 Å². The van der Waals surface area contributed by atoms with Crippen LogP contribution in [0.1, 0.15) is 125 Å². The van der Waals surface area contributed by atoms with Crippen molar-refractivity contribution in [3.05, 3.63) is 17.5 Å². The van der Waals surface area contributed by atoms with Crippen molar-refractivity contribution in [3.63, 3.8) is 0 Å². The number of ketones is 1. The SMILES string of the molecule is CC[C@]12CCC(C)(C)CC1C1C(=O)C[C@@H]3[C@@]4(C)Cc5cnoc5C(C)(C)[C@@H]4CC[C@@]3(C)[C@]1(C)CC2. The molecule has 194 valence electrons. The summed E-state index contributed by atoms with van der Waals surface area (Å²) in [5.74, 6) is 3.51. The molecule has 5 aliphatic rings. The van der Waals surface area contributed by atoms with Gasteiger partial charge in [0.15, 0.2) is 0 Å². The fourth-order valence-corrected chi connectivity index (χ4v) is 11.7. The molecule has 1 heterocycles. The molecule has 4 saturated carbocycles. The molecule has 0 saturated heterocycles. The molecule has 35 heavy (non-hydrogen) atoms. The number of hydrogen-bond donors (Lipinski definition) is 0. The number of aromatic nitrogens is 1. The van der Waals surface area contributed by atoms with E-state index in [2.05, 4.69) is 60.5 Å². The third kappa shape index (κ3) is 2.85. The second-order valence-electron chi connectivity index (χ2n) is 15.9. The van der Waals surface area contributed by atoms with Crippen LogP contribution in [-0.4, -0.2) is 10.9 Å². The first kappa shape index (κ1) is 24.2. The summed E-state index contributed by atoms with van der Waals surface area (Å²) in [7, 11) is 0. The minimum atomic E-state index is -0.0295. The van der Waals surface area contributed by atoms with E-state index in [1.807, 2.05) is 6.20 Å². The molecular formula is C32H49NO2. The highest BCUT2D eigenvalue weighted by Crippen LogP contribution is 2.76. The number of nitrogens with zero attached hydrogens (tertiary/aromatic N) is 1. The van der Waals surface area contributed by atoms with Gasteiger partial charge in [-0.1, -0.05) is 67.0 Å². The second-order valence-corrected chi connectivity index (χ2v) is 15.9. The Morgan fingerprint density at radius 3 is 2.37 bits per heavy atom. The van der Waals surface area contributed by atoms with Crippen molar-refractivity contribution in [2.24, 2.45) is 50.7 Å². The van der Waals surface area contributed by atoms with Gasteiger partial charge in [0.05, 0.1) is 6.20 Å². The van der Waals surface area contributed by atoms with Crippen molar-refractivity contribution in [3.8, 4) is 0 Å². The lowest BCUT2D eigenvalue weighted by Crippen LogP contribution is -2.69. The molecule has 3 heteroatoms. The summed E-state index contributed by atoms with van der Waals surface area (Å²) in [4.78, 5) is 14.5. The maximum absolute atomic E-state index is 14.5. The zero-order chi connectivity index (χ0) is 25.2. The molecule has 0 spiro atoms. The molecule has 0 aromatic carbocycles. The fourth-order valence-electron chi connectivity index (χ4n) is 11.7. The number of carbonyl (C=O) groups is 1. The topological polar surface area (TPSA) is 43.1 Å². The first-order valence-electron chi connectivity index (χ1n) is 14.7. The van der Waals surface area contributed by atoms with Crippen LogP contribution in [0.25, 0.3) is 0 Å². The van der Waals surface area contributed by atoms with Crippen LogP contribution in [0, 0.1) is 50.7 Å². The third-order valence-corrected chi connectivity index (χ3v) is 13.8. The lowest BCUT2D eigenvalue weighted by molar-refractivity contribution is -0.229. The van der Waals surface area contributed by atoms with Crippen LogP contribution in [-0.2, 0) is 16.6 Å².